The fourth-order valence-electron chi connectivity index (χ4n) is 1.68. The van der Waals surface area contributed by atoms with Crippen molar-refractivity contribution in [3.63, 3.8) is 0 Å². The number of hydrogen-bond donors (Lipinski definition) is 1. The van der Waals surface area contributed by atoms with E-state index < -0.39 is 0 Å². The van der Waals surface area contributed by atoms with Crippen LogP contribution in [0.4, 0.5) is 0 Å². The summed E-state index contributed by atoms with van der Waals surface area (Å²) in [4.78, 5) is 8.77. The first-order valence-electron chi connectivity index (χ1n) is 5.33. The summed E-state index contributed by atoms with van der Waals surface area (Å²) in [7, 11) is 0. The van der Waals surface area contributed by atoms with E-state index in [0.29, 0.717) is 6.04 Å². The molecule has 1 N–H and O–H groups in total. The average Bonchev–Trinajstić information content (AvgIpc) is 2.99. The molecule has 0 aliphatic heterocycles. The topological polar surface area (TPSA) is 37.8 Å². The van der Waals surface area contributed by atoms with Crippen molar-refractivity contribution in [3.05, 3.63) is 23.8 Å². The van der Waals surface area contributed by atoms with Crippen molar-refractivity contribution in [1.82, 2.24) is 15.3 Å². The molecule has 1 atom stereocenters. The summed E-state index contributed by atoms with van der Waals surface area (Å²) in [6.45, 7) is 5.13. The molecule has 0 radical (unpaired) electrons. The predicted octanol–water partition coefficient (Wildman–Crippen LogP) is 1.85. The van der Waals surface area contributed by atoms with Crippen LogP contribution in [0.1, 0.15) is 37.2 Å². The first-order valence-corrected chi connectivity index (χ1v) is 5.33. The molecule has 14 heavy (non-hydrogen) atoms. The highest BCUT2D eigenvalue weighted by molar-refractivity contribution is 5.07. The van der Waals surface area contributed by atoms with Crippen LogP contribution in [0, 0.1) is 12.8 Å². The molecule has 3 nitrogen and oxygen atoms in total. The van der Waals surface area contributed by atoms with E-state index >= 15 is 0 Å². The van der Waals surface area contributed by atoms with Crippen LogP contribution in [-0.2, 0) is 0 Å². The molecule has 76 valence electrons. The van der Waals surface area contributed by atoms with Crippen molar-refractivity contribution < 1.29 is 0 Å². The number of aryl methyl sites for hydroxylation is 1. The van der Waals surface area contributed by atoms with Gasteiger partial charge in [-0.3, -0.25) is 0 Å². The average molecular weight is 191 g/mol. The Morgan fingerprint density at radius 1 is 1.43 bits per heavy atom. The van der Waals surface area contributed by atoms with E-state index in [9.17, 15) is 0 Å². The largest absolute Gasteiger partial charge is 0.307 e. The summed E-state index contributed by atoms with van der Waals surface area (Å²) >= 11 is 0. The van der Waals surface area contributed by atoms with Gasteiger partial charge in [-0.1, -0.05) is 6.92 Å². The molecule has 1 aliphatic carbocycles. The molecule has 1 aromatic rings. The zero-order chi connectivity index (χ0) is 9.97. The van der Waals surface area contributed by atoms with Gasteiger partial charge in [0.2, 0.25) is 0 Å². The maximum absolute atomic E-state index is 4.38. The number of nitrogens with zero attached hydrogens (tertiary/aromatic N) is 2. The van der Waals surface area contributed by atoms with Crippen LogP contribution in [0.15, 0.2) is 12.4 Å². The number of rotatable bonds is 4. The van der Waals surface area contributed by atoms with Gasteiger partial charge in [0.05, 0.1) is 6.04 Å². The quantitative estimate of drug-likeness (QED) is 0.789. The molecule has 1 unspecified atom stereocenters. The molecule has 0 bridgehead atoms. The maximum atomic E-state index is 4.38. The molecule has 0 amide bonds. The normalized spacial score (nSPS) is 18.1. The van der Waals surface area contributed by atoms with Crippen LogP contribution in [-0.4, -0.2) is 16.5 Å². The van der Waals surface area contributed by atoms with Crippen molar-refractivity contribution in [2.45, 2.75) is 32.7 Å². The van der Waals surface area contributed by atoms with E-state index in [2.05, 4.69) is 22.2 Å². The fraction of sp³-hybridized carbons (Fsp3) is 0.636. The number of hydrogen-bond acceptors (Lipinski definition) is 3. The van der Waals surface area contributed by atoms with Gasteiger partial charge >= 0.3 is 0 Å². The first-order chi connectivity index (χ1) is 6.81. The maximum Gasteiger partial charge on any atom is 0.145 e. The van der Waals surface area contributed by atoms with Crippen molar-refractivity contribution in [1.29, 1.82) is 0 Å². The van der Waals surface area contributed by atoms with Crippen molar-refractivity contribution in [2.24, 2.45) is 5.92 Å². The van der Waals surface area contributed by atoms with Gasteiger partial charge in [0, 0.05) is 12.4 Å². The Bertz CT molecular complexity index is 290. The van der Waals surface area contributed by atoms with Crippen LogP contribution in [0.25, 0.3) is 0 Å². The van der Waals surface area contributed by atoms with Gasteiger partial charge in [-0.25, -0.2) is 9.97 Å². The third kappa shape index (κ3) is 2.10. The Labute approximate surface area is 85.0 Å². The van der Waals surface area contributed by atoms with E-state index in [1.165, 1.54) is 12.8 Å². The monoisotopic (exact) mass is 191 g/mol. The summed E-state index contributed by atoms with van der Waals surface area (Å²) in [6.07, 6.45) is 6.42. The molecule has 1 fully saturated rings. The Morgan fingerprint density at radius 3 is 2.57 bits per heavy atom. The summed E-state index contributed by atoms with van der Waals surface area (Å²) in [6, 6.07) is 0.376. The molecule has 3 heteroatoms. The second kappa shape index (κ2) is 4.05. The van der Waals surface area contributed by atoms with Crippen molar-refractivity contribution >= 4 is 0 Å². The highest BCUT2D eigenvalue weighted by Crippen LogP contribution is 2.39. The second-order valence-electron chi connectivity index (χ2n) is 3.99. The van der Waals surface area contributed by atoms with Crippen LogP contribution >= 0.6 is 0 Å². The van der Waals surface area contributed by atoms with Gasteiger partial charge in [0.15, 0.2) is 0 Å². The summed E-state index contributed by atoms with van der Waals surface area (Å²) in [5.41, 5.74) is 1.12. The lowest BCUT2D eigenvalue weighted by atomic mass is 10.1. The molecule has 2 rings (SSSR count). The lowest BCUT2D eigenvalue weighted by molar-refractivity contribution is 0.471. The van der Waals surface area contributed by atoms with Gasteiger partial charge in [-0.05, 0) is 37.8 Å². The third-order valence-corrected chi connectivity index (χ3v) is 2.60. The van der Waals surface area contributed by atoms with E-state index in [1.807, 2.05) is 19.3 Å². The minimum Gasteiger partial charge on any atom is -0.307 e. The molecule has 1 saturated carbocycles. The smallest absolute Gasteiger partial charge is 0.145 e. The minimum absolute atomic E-state index is 0.376. The molecular weight excluding hydrogens is 174 g/mol. The van der Waals surface area contributed by atoms with E-state index in [4.69, 9.17) is 0 Å². The molecule has 1 heterocycles. The molecule has 1 aliphatic rings. The molecular formula is C11H17N3. The Morgan fingerprint density at radius 2 is 2.07 bits per heavy atom. The summed E-state index contributed by atoms with van der Waals surface area (Å²) < 4.78 is 0. The number of nitrogens with one attached hydrogen (secondary N) is 1. The lowest BCUT2D eigenvalue weighted by Gasteiger charge is -2.15. The zero-order valence-electron chi connectivity index (χ0n) is 8.83. The molecule has 0 saturated heterocycles. The van der Waals surface area contributed by atoms with Gasteiger partial charge in [0.1, 0.15) is 5.82 Å². The third-order valence-electron chi connectivity index (χ3n) is 2.60. The van der Waals surface area contributed by atoms with E-state index in [1.54, 1.807) is 0 Å². The van der Waals surface area contributed by atoms with Crippen molar-refractivity contribution in [2.75, 3.05) is 6.54 Å². The standard InChI is InChI=1S/C11H17N3/c1-3-12-10(9-4-5-9)11-13-6-8(2)7-14-11/h6-7,9-10,12H,3-5H2,1-2H3. The first kappa shape index (κ1) is 9.59. The van der Waals surface area contributed by atoms with Crippen LogP contribution in [0.5, 0.6) is 0 Å². The summed E-state index contributed by atoms with van der Waals surface area (Å²) in [5, 5.41) is 3.46. The summed E-state index contributed by atoms with van der Waals surface area (Å²) in [5.74, 6) is 1.72. The van der Waals surface area contributed by atoms with Gasteiger partial charge in [-0.15, -0.1) is 0 Å². The Hall–Kier alpha value is -0.960. The van der Waals surface area contributed by atoms with Crippen LogP contribution < -0.4 is 5.32 Å². The Kier molecular flexibility index (Phi) is 2.77. The molecule has 0 spiro atoms. The Balaban J connectivity index is 2.13. The van der Waals surface area contributed by atoms with Gasteiger partial charge in [-0.2, -0.15) is 0 Å². The number of aromatic nitrogens is 2. The van der Waals surface area contributed by atoms with Crippen LogP contribution in [0.2, 0.25) is 0 Å². The molecule has 0 aromatic carbocycles. The fourth-order valence-corrected chi connectivity index (χ4v) is 1.68. The van der Waals surface area contributed by atoms with E-state index in [-0.39, 0.29) is 0 Å². The van der Waals surface area contributed by atoms with Crippen molar-refractivity contribution in [3.8, 4) is 0 Å². The van der Waals surface area contributed by atoms with E-state index in [0.717, 1.165) is 23.9 Å². The predicted molar refractivity (Wildman–Crippen MR) is 55.9 cm³/mol. The minimum atomic E-state index is 0.376. The van der Waals surface area contributed by atoms with Crippen LogP contribution in [0.3, 0.4) is 0 Å². The SMILES string of the molecule is CCNC(c1ncc(C)cn1)C1CC1. The lowest BCUT2D eigenvalue weighted by Crippen LogP contribution is -2.24. The highest BCUT2D eigenvalue weighted by atomic mass is 15.0. The highest BCUT2D eigenvalue weighted by Gasteiger charge is 2.33. The van der Waals surface area contributed by atoms with Gasteiger partial charge in [0.25, 0.3) is 0 Å². The molecule has 1 aromatic heterocycles. The van der Waals surface area contributed by atoms with Gasteiger partial charge < -0.3 is 5.32 Å². The second-order valence-corrected chi connectivity index (χ2v) is 3.99. The zero-order valence-corrected chi connectivity index (χ0v) is 8.83.